The Morgan fingerprint density at radius 2 is 1.82 bits per heavy atom. The maximum Gasteiger partial charge on any atom is 0.334 e. The molecule has 6 heteroatoms. The highest BCUT2D eigenvalue weighted by Gasteiger charge is 2.10. The zero-order chi connectivity index (χ0) is 12.6. The first-order chi connectivity index (χ1) is 8.00. The number of nitrogens with zero attached hydrogens (tertiary/aromatic N) is 1. The lowest BCUT2D eigenvalue weighted by molar-refractivity contribution is 0.627. The highest BCUT2D eigenvalue weighted by Crippen LogP contribution is 2.07. The molecule has 17 heavy (non-hydrogen) atoms. The Bertz CT molecular complexity index is 673. The molecule has 1 heterocycles. The Morgan fingerprint density at radius 1 is 1.24 bits per heavy atom. The minimum absolute atomic E-state index is 0.0124. The van der Waals surface area contributed by atoms with E-state index in [1.807, 2.05) is 0 Å². The quantitative estimate of drug-likeness (QED) is 0.787. The Hall–Kier alpha value is -1.88. The van der Waals surface area contributed by atoms with Gasteiger partial charge in [0.1, 0.15) is 11.0 Å². The minimum Gasteiger partial charge on any atom is -0.297 e. The van der Waals surface area contributed by atoms with Crippen molar-refractivity contribution in [3.8, 4) is 5.69 Å². The molecule has 0 bridgehead atoms. The van der Waals surface area contributed by atoms with Crippen molar-refractivity contribution >= 4 is 11.6 Å². The van der Waals surface area contributed by atoms with Crippen molar-refractivity contribution < 1.29 is 4.39 Å². The molecule has 0 saturated carbocycles. The van der Waals surface area contributed by atoms with Crippen LogP contribution >= 0.6 is 11.6 Å². The van der Waals surface area contributed by atoms with E-state index in [1.165, 1.54) is 31.2 Å². The average molecular weight is 255 g/mol. The Morgan fingerprint density at radius 3 is 2.41 bits per heavy atom. The van der Waals surface area contributed by atoms with Crippen molar-refractivity contribution in [2.45, 2.75) is 6.92 Å². The van der Waals surface area contributed by atoms with Crippen LogP contribution < -0.4 is 11.2 Å². The molecule has 88 valence electrons. The van der Waals surface area contributed by atoms with Gasteiger partial charge in [-0.15, -0.1) is 0 Å². The largest absolute Gasteiger partial charge is 0.334 e. The van der Waals surface area contributed by atoms with Gasteiger partial charge in [0.2, 0.25) is 0 Å². The van der Waals surface area contributed by atoms with Gasteiger partial charge in [0.25, 0.3) is 5.56 Å². The van der Waals surface area contributed by atoms with Crippen LogP contribution in [0.2, 0.25) is 5.15 Å². The fourth-order valence-electron chi connectivity index (χ4n) is 1.42. The van der Waals surface area contributed by atoms with E-state index in [2.05, 4.69) is 4.98 Å². The van der Waals surface area contributed by atoms with Gasteiger partial charge in [-0.25, -0.2) is 13.8 Å². The molecule has 0 saturated heterocycles. The standard InChI is InChI=1S/C11H8ClFN2O2/c1-6-9(12)14-11(17)15(10(6)16)8-4-2-7(13)3-5-8/h2-5H,1H3,(H,14,17). The second-order valence-corrected chi connectivity index (χ2v) is 3.86. The van der Waals surface area contributed by atoms with Crippen molar-refractivity contribution in [1.82, 2.24) is 9.55 Å². The monoisotopic (exact) mass is 254 g/mol. The highest BCUT2D eigenvalue weighted by molar-refractivity contribution is 6.30. The summed E-state index contributed by atoms with van der Waals surface area (Å²) in [4.78, 5) is 25.8. The van der Waals surface area contributed by atoms with Gasteiger partial charge >= 0.3 is 5.69 Å². The molecule has 0 amide bonds. The number of benzene rings is 1. The first-order valence-electron chi connectivity index (χ1n) is 4.78. The molecule has 4 nitrogen and oxygen atoms in total. The summed E-state index contributed by atoms with van der Waals surface area (Å²) in [5.74, 6) is -0.441. The fourth-order valence-corrected chi connectivity index (χ4v) is 1.58. The van der Waals surface area contributed by atoms with Crippen molar-refractivity contribution in [1.29, 1.82) is 0 Å². The van der Waals surface area contributed by atoms with Crippen LogP contribution in [-0.2, 0) is 0 Å². The fraction of sp³-hybridized carbons (Fsp3) is 0.0909. The number of nitrogens with one attached hydrogen (secondary N) is 1. The SMILES string of the molecule is Cc1c(Cl)[nH]c(=O)n(-c2ccc(F)cc2)c1=O. The molecule has 0 atom stereocenters. The number of hydrogen-bond acceptors (Lipinski definition) is 2. The molecule has 0 spiro atoms. The lowest BCUT2D eigenvalue weighted by Crippen LogP contribution is -2.35. The number of hydrogen-bond donors (Lipinski definition) is 1. The topological polar surface area (TPSA) is 54.9 Å². The predicted octanol–water partition coefficient (Wildman–Crippen LogP) is 1.63. The molecule has 1 aromatic heterocycles. The molecular weight excluding hydrogens is 247 g/mol. The van der Waals surface area contributed by atoms with E-state index in [4.69, 9.17) is 11.6 Å². The number of H-pyrrole nitrogens is 1. The van der Waals surface area contributed by atoms with Gasteiger partial charge < -0.3 is 0 Å². The molecule has 0 aliphatic heterocycles. The second-order valence-electron chi connectivity index (χ2n) is 3.49. The van der Waals surface area contributed by atoms with Crippen LogP contribution in [0.5, 0.6) is 0 Å². The summed E-state index contributed by atoms with van der Waals surface area (Å²) in [6.45, 7) is 1.50. The van der Waals surface area contributed by atoms with E-state index >= 15 is 0 Å². The zero-order valence-electron chi connectivity index (χ0n) is 8.83. The minimum atomic E-state index is -0.655. The Balaban J connectivity index is 2.77. The molecule has 1 aromatic carbocycles. The summed E-state index contributed by atoms with van der Waals surface area (Å²) in [5, 5.41) is 0.0124. The predicted molar refractivity (Wildman–Crippen MR) is 62.4 cm³/mol. The smallest absolute Gasteiger partial charge is 0.297 e. The van der Waals surface area contributed by atoms with E-state index in [1.54, 1.807) is 0 Å². The lowest BCUT2D eigenvalue weighted by atomic mass is 10.3. The van der Waals surface area contributed by atoms with Crippen LogP contribution in [0.25, 0.3) is 5.69 Å². The third-order valence-corrected chi connectivity index (χ3v) is 2.74. The molecule has 0 aliphatic carbocycles. The number of aromatic nitrogens is 2. The van der Waals surface area contributed by atoms with E-state index in [0.717, 1.165) is 4.57 Å². The average Bonchev–Trinajstić information content (AvgIpc) is 2.29. The van der Waals surface area contributed by atoms with E-state index in [0.29, 0.717) is 0 Å². The van der Waals surface area contributed by atoms with Crippen LogP contribution in [-0.4, -0.2) is 9.55 Å². The summed E-state index contributed by atoms with van der Waals surface area (Å²) in [6, 6.07) is 5.04. The van der Waals surface area contributed by atoms with Crippen LogP contribution in [0.4, 0.5) is 4.39 Å². The van der Waals surface area contributed by atoms with Crippen molar-refractivity contribution in [2.75, 3.05) is 0 Å². The normalized spacial score (nSPS) is 10.5. The number of halogens is 2. The lowest BCUT2D eigenvalue weighted by Gasteiger charge is -2.06. The Kier molecular flexibility index (Phi) is 2.85. The zero-order valence-corrected chi connectivity index (χ0v) is 9.58. The number of rotatable bonds is 1. The molecule has 2 aromatic rings. The van der Waals surface area contributed by atoms with Gasteiger partial charge in [-0.3, -0.25) is 9.78 Å². The summed E-state index contributed by atoms with van der Waals surface area (Å²) in [5.41, 5.74) is -0.657. The van der Waals surface area contributed by atoms with Gasteiger partial charge in [-0.05, 0) is 31.2 Å². The molecular formula is C11H8ClFN2O2. The summed E-state index contributed by atoms with van der Waals surface area (Å²) in [7, 11) is 0. The van der Waals surface area contributed by atoms with E-state index in [9.17, 15) is 14.0 Å². The van der Waals surface area contributed by atoms with E-state index in [-0.39, 0.29) is 16.4 Å². The van der Waals surface area contributed by atoms with Crippen molar-refractivity contribution in [3.05, 3.63) is 61.6 Å². The third-order valence-electron chi connectivity index (χ3n) is 2.36. The van der Waals surface area contributed by atoms with Gasteiger partial charge in [-0.1, -0.05) is 11.6 Å². The molecule has 0 fully saturated rings. The summed E-state index contributed by atoms with van der Waals surface area (Å²) >= 11 is 5.68. The van der Waals surface area contributed by atoms with Crippen LogP contribution in [0.3, 0.4) is 0 Å². The first kappa shape index (κ1) is 11.6. The number of aromatic amines is 1. The van der Waals surface area contributed by atoms with Crippen molar-refractivity contribution in [3.63, 3.8) is 0 Å². The summed E-state index contributed by atoms with van der Waals surface area (Å²) in [6.07, 6.45) is 0. The molecule has 0 unspecified atom stereocenters. The first-order valence-corrected chi connectivity index (χ1v) is 5.16. The molecule has 2 rings (SSSR count). The third kappa shape index (κ3) is 2.01. The second kappa shape index (κ2) is 4.18. The van der Waals surface area contributed by atoms with Crippen molar-refractivity contribution in [2.24, 2.45) is 0 Å². The molecule has 0 aliphatic rings. The van der Waals surface area contributed by atoms with Gasteiger partial charge in [-0.2, -0.15) is 0 Å². The van der Waals surface area contributed by atoms with Crippen LogP contribution in [0, 0.1) is 12.7 Å². The highest BCUT2D eigenvalue weighted by atomic mass is 35.5. The van der Waals surface area contributed by atoms with Crippen LogP contribution in [0.15, 0.2) is 33.9 Å². The maximum absolute atomic E-state index is 12.8. The van der Waals surface area contributed by atoms with Gasteiger partial charge in [0.05, 0.1) is 11.3 Å². The molecule has 0 radical (unpaired) electrons. The van der Waals surface area contributed by atoms with E-state index < -0.39 is 17.1 Å². The Labute approximate surface area is 100 Å². The molecule has 1 N–H and O–H groups in total. The van der Waals surface area contributed by atoms with Gasteiger partial charge in [0.15, 0.2) is 0 Å². The maximum atomic E-state index is 12.8. The van der Waals surface area contributed by atoms with Gasteiger partial charge in [0, 0.05) is 0 Å². The summed E-state index contributed by atoms with van der Waals surface area (Å²) < 4.78 is 13.7. The van der Waals surface area contributed by atoms with Crippen LogP contribution in [0.1, 0.15) is 5.56 Å².